The summed E-state index contributed by atoms with van der Waals surface area (Å²) in [6.45, 7) is 1.80. The third-order valence-electron chi connectivity index (χ3n) is 3.39. The second-order valence-corrected chi connectivity index (χ2v) is 6.82. The van der Waals surface area contributed by atoms with Crippen molar-refractivity contribution in [3.63, 3.8) is 0 Å². The van der Waals surface area contributed by atoms with Gasteiger partial charge in [0.1, 0.15) is 13.2 Å². The summed E-state index contributed by atoms with van der Waals surface area (Å²) in [6, 6.07) is 11.1. The van der Waals surface area contributed by atoms with E-state index < -0.39 is 16.2 Å². The lowest BCUT2D eigenvalue weighted by atomic mass is 10.2. The van der Waals surface area contributed by atoms with E-state index in [9.17, 15) is 13.5 Å². The van der Waals surface area contributed by atoms with E-state index in [1.165, 1.54) is 18.2 Å². The molecular weight excluding hydrogens is 320 g/mol. The van der Waals surface area contributed by atoms with Crippen LogP contribution >= 0.6 is 0 Å². The van der Waals surface area contributed by atoms with Crippen molar-refractivity contribution in [2.24, 2.45) is 0 Å². The normalized spacial score (nSPS) is 17.0. The van der Waals surface area contributed by atoms with Gasteiger partial charge in [0.25, 0.3) is 10.1 Å². The molecule has 0 aliphatic carbocycles. The summed E-state index contributed by atoms with van der Waals surface area (Å²) in [7, 11) is -3.86. The summed E-state index contributed by atoms with van der Waals surface area (Å²) >= 11 is 0. The molecule has 0 spiro atoms. The number of ether oxygens (including phenoxy) is 2. The molecule has 1 heterocycles. The first-order valence-corrected chi connectivity index (χ1v) is 8.44. The number of aromatic hydroxyl groups is 1. The van der Waals surface area contributed by atoms with Gasteiger partial charge in [-0.25, -0.2) is 0 Å². The predicted octanol–water partition coefficient (Wildman–Crippen LogP) is 2.25. The van der Waals surface area contributed by atoms with E-state index in [1.54, 1.807) is 24.3 Å². The molecule has 0 saturated heterocycles. The molecule has 2 aromatic rings. The maximum Gasteiger partial charge on any atom is 0.297 e. The van der Waals surface area contributed by atoms with Crippen molar-refractivity contribution in [2.75, 3.05) is 13.2 Å². The molecule has 0 unspecified atom stereocenters. The van der Waals surface area contributed by atoms with Crippen LogP contribution in [0.2, 0.25) is 0 Å². The highest BCUT2D eigenvalue weighted by atomic mass is 32.2. The van der Waals surface area contributed by atoms with Crippen LogP contribution in [0.3, 0.4) is 0 Å². The fourth-order valence-corrected chi connectivity index (χ4v) is 3.08. The molecule has 0 aromatic heterocycles. The van der Waals surface area contributed by atoms with Gasteiger partial charge in [0.05, 0.1) is 4.90 Å². The molecular formula is C16H16O6S. The minimum absolute atomic E-state index is 0.0615. The zero-order chi connectivity index (χ0) is 16.4. The first-order chi connectivity index (χ1) is 11.0. The second kappa shape index (κ2) is 6.10. The highest BCUT2D eigenvalue weighted by Crippen LogP contribution is 2.39. The minimum Gasteiger partial charge on any atom is -0.504 e. The van der Waals surface area contributed by atoms with Crippen LogP contribution in [-0.4, -0.2) is 32.8 Å². The van der Waals surface area contributed by atoms with E-state index in [-0.39, 0.29) is 29.6 Å². The van der Waals surface area contributed by atoms with Crippen LogP contribution in [-0.2, 0) is 14.3 Å². The summed E-state index contributed by atoms with van der Waals surface area (Å²) in [5.41, 5.74) is 0.958. The van der Waals surface area contributed by atoms with Crippen molar-refractivity contribution in [1.82, 2.24) is 0 Å². The van der Waals surface area contributed by atoms with E-state index in [1.807, 2.05) is 6.92 Å². The van der Waals surface area contributed by atoms with Crippen molar-refractivity contribution < 1.29 is 27.2 Å². The molecule has 1 aliphatic rings. The van der Waals surface area contributed by atoms with Gasteiger partial charge in [-0.2, -0.15) is 8.42 Å². The largest absolute Gasteiger partial charge is 0.504 e. The summed E-state index contributed by atoms with van der Waals surface area (Å²) in [5.74, 6) is 0.552. The van der Waals surface area contributed by atoms with Crippen molar-refractivity contribution in [2.45, 2.75) is 17.9 Å². The average Bonchev–Trinajstić information content (AvgIpc) is 2.54. The monoisotopic (exact) mass is 336 g/mol. The molecule has 1 aliphatic heterocycles. The molecule has 3 rings (SSSR count). The number of rotatable bonds is 4. The third kappa shape index (κ3) is 3.40. The van der Waals surface area contributed by atoms with Gasteiger partial charge in [-0.1, -0.05) is 23.8 Å². The Labute approximate surface area is 134 Å². The zero-order valence-corrected chi connectivity index (χ0v) is 13.2. The van der Waals surface area contributed by atoms with Gasteiger partial charge in [0.15, 0.2) is 17.6 Å². The molecule has 7 heteroatoms. The van der Waals surface area contributed by atoms with E-state index in [0.717, 1.165) is 5.56 Å². The van der Waals surface area contributed by atoms with Crippen LogP contribution in [0.4, 0.5) is 0 Å². The SMILES string of the molecule is Cc1ccc(S(=O)(=O)OC[C@H]2COc3cccc(O)c3O2)cc1. The molecule has 122 valence electrons. The lowest BCUT2D eigenvalue weighted by molar-refractivity contribution is 0.0527. The first kappa shape index (κ1) is 15.6. The van der Waals surface area contributed by atoms with Gasteiger partial charge in [-0.05, 0) is 31.2 Å². The minimum atomic E-state index is -3.86. The Morgan fingerprint density at radius 2 is 1.96 bits per heavy atom. The fourth-order valence-electron chi connectivity index (χ4n) is 2.14. The van der Waals surface area contributed by atoms with Crippen LogP contribution in [0.25, 0.3) is 0 Å². The van der Waals surface area contributed by atoms with Gasteiger partial charge in [-0.3, -0.25) is 4.18 Å². The molecule has 1 atom stereocenters. The summed E-state index contributed by atoms with van der Waals surface area (Å²) in [6.07, 6.45) is -0.629. The highest BCUT2D eigenvalue weighted by molar-refractivity contribution is 7.86. The lowest BCUT2D eigenvalue weighted by Crippen LogP contribution is -2.34. The lowest BCUT2D eigenvalue weighted by Gasteiger charge is -2.26. The Bertz CT molecular complexity index is 798. The first-order valence-electron chi connectivity index (χ1n) is 7.03. The summed E-state index contributed by atoms with van der Waals surface area (Å²) in [4.78, 5) is 0.0862. The fraction of sp³-hybridized carbons (Fsp3) is 0.250. The van der Waals surface area contributed by atoms with E-state index >= 15 is 0 Å². The molecule has 0 bridgehead atoms. The van der Waals surface area contributed by atoms with Crippen LogP contribution < -0.4 is 9.47 Å². The van der Waals surface area contributed by atoms with Crippen LogP contribution in [0.1, 0.15) is 5.56 Å². The number of para-hydroxylation sites is 1. The Morgan fingerprint density at radius 3 is 2.70 bits per heavy atom. The number of hydrogen-bond acceptors (Lipinski definition) is 6. The number of phenolic OH excluding ortho intramolecular Hbond substituents is 1. The number of phenols is 1. The van der Waals surface area contributed by atoms with Crippen LogP contribution in [0.5, 0.6) is 17.2 Å². The van der Waals surface area contributed by atoms with E-state index in [0.29, 0.717) is 5.75 Å². The van der Waals surface area contributed by atoms with Crippen molar-refractivity contribution in [1.29, 1.82) is 0 Å². The predicted molar refractivity (Wildman–Crippen MR) is 82.3 cm³/mol. The Hall–Kier alpha value is -2.25. The molecule has 6 nitrogen and oxygen atoms in total. The van der Waals surface area contributed by atoms with Crippen molar-refractivity contribution in [3.05, 3.63) is 48.0 Å². The topological polar surface area (TPSA) is 82.1 Å². The molecule has 2 aromatic carbocycles. The average molecular weight is 336 g/mol. The number of hydrogen-bond donors (Lipinski definition) is 1. The number of fused-ring (bicyclic) bond motifs is 1. The molecule has 0 saturated carbocycles. The quantitative estimate of drug-likeness (QED) is 0.863. The molecule has 0 amide bonds. The van der Waals surface area contributed by atoms with Gasteiger partial charge in [-0.15, -0.1) is 0 Å². The maximum absolute atomic E-state index is 12.1. The molecule has 1 N–H and O–H groups in total. The number of aryl methyl sites for hydroxylation is 1. The summed E-state index contributed by atoms with van der Waals surface area (Å²) < 4.78 is 40.3. The third-order valence-corrected chi connectivity index (χ3v) is 4.68. The standard InChI is InChI=1S/C16H16O6S/c1-11-5-7-13(8-6-11)23(18,19)21-10-12-9-20-15-4-2-3-14(17)16(15)22-12/h2-8,12,17H,9-10H2,1H3/t12-/m1/s1. The Balaban J connectivity index is 1.67. The van der Waals surface area contributed by atoms with Crippen molar-refractivity contribution in [3.8, 4) is 17.2 Å². The van der Waals surface area contributed by atoms with Gasteiger partial charge in [0.2, 0.25) is 5.75 Å². The van der Waals surface area contributed by atoms with E-state index in [2.05, 4.69) is 0 Å². The zero-order valence-electron chi connectivity index (χ0n) is 12.4. The summed E-state index contributed by atoms with van der Waals surface area (Å²) in [5, 5.41) is 9.74. The van der Waals surface area contributed by atoms with Gasteiger partial charge in [0, 0.05) is 0 Å². The number of benzene rings is 2. The highest BCUT2D eigenvalue weighted by Gasteiger charge is 2.26. The Morgan fingerprint density at radius 1 is 1.22 bits per heavy atom. The molecule has 0 radical (unpaired) electrons. The van der Waals surface area contributed by atoms with Crippen LogP contribution in [0.15, 0.2) is 47.4 Å². The molecule has 0 fully saturated rings. The van der Waals surface area contributed by atoms with Crippen molar-refractivity contribution >= 4 is 10.1 Å². The van der Waals surface area contributed by atoms with Gasteiger partial charge >= 0.3 is 0 Å². The van der Waals surface area contributed by atoms with Gasteiger partial charge < -0.3 is 14.6 Å². The Kier molecular flexibility index (Phi) is 4.14. The second-order valence-electron chi connectivity index (χ2n) is 5.21. The maximum atomic E-state index is 12.1. The van der Waals surface area contributed by atoms with Crippen LogP contribution in [0, 0.1) is 6.92 Å². The smallest absolute Gasteiger partial charge is 0.297 e. The van der Waals surface area contributed by atoms with E-state index in [4.69, 9.17) is 13.7 Å². The molecule has 23 heavy (non-hydrogen) atoms.